The summed E-state index contributed by atoms with van der Waals surface area (Å²) in [5.41, 5.74) is 2.07. The average molecular weight is 314 g/mol. The Kier molecular flexibility index (Phi) is 4.90. The summed E-state index contributed by atoms with van der Waals surface area (Å²) in [7, 11) is 0. The normalized spacial score (nSPS) is 21.7. The summed E-state index contributed by atoms with van der Waals surface area (Å²) in [6, 6.07) is 8.62. The van der Waals surface area contributed by atoms with Gasteiger partial charge in [-0.05, 0) is 26.8 Å². The van der Waals surface area contributed by atoms with Crippen molar-refractivity contribution in [1.82, 2.24) is 19.8 Å². The number of aryl methyl sites for hydroxylation is 1. The third-order valence-electron chi connectivity index (χ3n) is 4.55. The number of hydrogen-bond acceptors (Lipinski definition) is 5. The molecule has 0 spiro atoms. The molecule has 2 aromatic rings. The summed E-state index contributed by atoms with van der Waals surface area (Å²) in [5.74, 6) is 0.900. The van der Waals surface area contributed by atoms with Crippen LogP contribution in [0.3, 0.4) is 0 Å². The molecule has 5 heteroatoms. The number of nitrogens with zero attached hydrogens (tertiary/aromatic N) is 4. The Morgan fingerprint density at radius 1 is 1.26 bits per heavy atom. The fraction of sp³-hybridized carbons (Fsp3) is 0.556. The molecule has 1 aliphatic rings. The number of rotatable bonds is 4. The predicted octanol–water partition coefficient (Wildman–Crippen LogP) is 1.83. The van der Waals surface area contributed by atoms with Crippen molar-refractivity contribution in [1.29, 1.82) is 0 Å². The molecule has 5 nitrogen and oxygen atoms in total. The maximum atomic E-state index is 9.58. The second-order valence-corrected chi connectivity index (χ2v) is 6.67. The van der Waals surface area contributed by atoms with Crippen LogP contribution in [0.15, 0.2) is 24.3 Å². The smallest absolute Gasteiger partial charge is 0.143 e. The van der Waals surface area contributed by atoms with E-state index in [0.29, 0.717) is 6.04 Å². The number of fused-ring (bicyclic) bond motifs is 1. The number of β-amino-alcohol motifs (C(OH)–C–C–N with tert-alkyl or cyclic N) is 1. The van der Waals surface area contributed by atoms with E-state index in [1.165, 1.54) is 0 Å². The van der Waals surface area contributed by atoms with Gasteiger partial charge in [0.05, 0.1) is 18.2 Å². The molecule has 1 N–H and O–H groups in total. The zero-order valence-corrected chi connectivity index (χ0v) is 14.2. The van der Waals surface area contributed by atoms with E-state index in [2.05, 4.69) is 40.8 Å². The Morgan fingerprint density at radius 2 is 2.04 bits per heavy atom. The topological polar surface area (TPSA) is 52.5 Å². The van der Waals surface area contributed by atoms with Crippen LogP contribution in [0, 0.1) is 6.92 Å². The SMILES string of the molecule is Cc1nc(CN2CCN(C[C@H](C)O)[C@H](C)C2)nc2ccccc12. The van der Waals surface area contributed by atoms with Crippen LogP contribution in [0.4, 0.5) is 0 Å². The molecule has 3 rings (SSSR count). The average Bonchev–Trinajstić information content (AvgIpc) is 2.50. The molecule has 0 radical (unpaired) electrons. The Hall–Kier alpha value is -1.56. The van der Waals surface area contributed by atoms with Gasteiger partial charge in [0.25, 0.3) is 0 Å². The van der Waals surface area contributed by atoms with Crippen LogP contribution in [0.5, 0.6) is 0 Å². The second-order valence-electron chi connectivity index (χ2n) is 6.67. The van der Waals surface area contributed by atoms with Crippen LogP contribution < -0.4 is 0 Å². The van der Waals surface area contributed by atoms with Gasteiger partial charge in [0.15, 0.2) is 0 Å². The van der Waals surface area contributed by atoms with E-state index in [-0.39, 0.29) is 6.10 Å². The summed E-state index contributed by atoms with van der Waals surface area (Å²) in [5, 5.41) is 10.7. The Balaban J connectivity index is 1.69. The van der Waals surface area contributed by atoms with E-state index in [1.807, 2.05) is 19.1 Å². The van der Waals surface area contributed by atoms with Gasteiger partial charge in [-0.3, -0.25) is 9.80 Å². The van der Waals surface area contributed by atoms with Crippen molar-refractivity contribution in [2.75, 3.05) is 26.2 Å². The van der Waals surface area contributed by atoms with Gasteiger partial charge in [0.2, 0.25) is 0 Å². The first-order valence-corrected chi connectivity index (χ1v) is 8.39. The summed E-state index contributed by atoms with van der Waals surface area (Å²) >= 11 is 0. The fourth-order valence-electron chi connectivity index (χ4n) is 3.39. The fourth-order valence-corrected chi connectivity index (χ4v) is 3.39. The minimum Gasteiger partial charge on any atom is -0.392 e. The molecule has 1 aromatic carbocycles. The molecular weight excluding hydrogens is 288 g/mol. The Morgan fingerprint density at radius 3 is 2.78 bits per heavy atom. The van der Waals surface area contributed by atoms with E-state index in [0.717, 1.165) is 55.1 Å². The van der Waals surface area contributed by atoms with Gasteiger partial charge in [0, 0.05) is 43.3 Å². The minimum atomic E-state index is -0.268. The zero-order valence-electron chi connectivity index (χ0n) is 14.2. The van der Waals surface area contributed by atoms with E-state index in [4.69, 9.17) is 4.98 Å². The quantitative estimate of drug-likeness (QED) is 0.933. The van der Waals surface area contributed by atoms with Crippen LogP contribution in [0.1, 0.15) is 25.4 Å². The van der Waals surface area contributed by atoms with Crippen molar-refractivity contribution in [3.63, 3.8) is 0 Å². The molecule has 0 bridgehead atoms. The molecule has 1 fully saturated rings. The molecule has 0 unspecified atom stereocenters. The number of para-hydroxylation sites is 1. The first-order chi connectivity index (χ1) is 11.0. The molecule has 0 amide bonds. The van der Waals surface area contributed by atoms with Crippen molar-refractivity contribution < 1.29 is 5.11 Å². The first kappa shape index (κ1) is 16.3. The molecule has 23 heavy (non-hydrogen) atoms. The van der Waals surface area contributed by atoms with E-state index >= 15 is 0 Å². The van der Waals surface area contributed by atoms with Gasteiger partial charge in [-0.1, -0.05) is 18.2 Å². The Bertz CT molecular complexity index is 673. The molecule has 124 valence electrons. The zero-order chi connectivity index (χ0) is 16.4. The lowest BCUT2D eigenvalue weighted by molar-refractivity contribution is 0.0414. The highest BCUT2D eigenvalue weighted by atomic mass is 16.3. The number of benzene rings is 1. The van der Waals surface area contributed by atoms with Gasteiger partial charge >= 0.3 is 0 Å². The lowest BCUT2D eigenvalue weighted by atomic mass is 10.1. The number of aliphatic hydroxyl groups is 1. The van der Waals surface area contributed by atoms with Crippen molar-refractivity contribution in [2.24, 2.45) is 0 Å². The van der Waals surface area contributed by atoms with Gasteiger partial charge in [0.1, 0.15) is 5.82 Å². The number of aliphatic hydroxyl groups excluding tert-OH is 1. The maximum absolute atomic E-state index is 9.58. The largest absolute Gasteiger partial charge is 0.392 e. The number of hydrogen-bond donors (Lipinski definition) is 1. The van der Waals surface area contributed by atoms with Crippen molar-refractivity contribution >= 4 is 10.9 Å². The Labute approximate surface area is 138 Å². The van der Waals surface area contributed by atoms with Crippen molar-refractivity contribution in [3.05, 3.63) is 35.8 Å². The highest BCUT2D eigenvalue weighted by molar-refractivity contribution is 5.80. The highest BCUT2D eigenvalue weighted by Crippen LogP contribution is 2.17. The third kappa shape index (κ3) is 3.86. The van der Waals surface area contributed by atoms with Gasteiger partial charge in [-0.2, -0.15) is 0 Å². The van der Waals surface area contributed by atoms with Crippen molar-refractivity contribution in [2.45, 2.75) is 39.5 Å². The second kappa shape index (κ2) is 6.91. The predicted molar refractivity (Wildman–Crippen MR) is 92.3 cm³/mol. The van der Waals surface area contributed by atoms with Crippen LogP contribution in [0.2, 0.25) is 0 Å². The molecule has 1 saturated heterocycles. The molecule has 2 heterocycles. The minimum absolute atomic E-state index is 0.268. The van der Waals surface area contributed by atoms with Crippen LogP contribution >= 0.6 is 0 Å². The molecule has 1 aliphatic heterocycles. The molecule has 1 aromatic heterocycles. The molecule has 2 atom stereocenters. The summed E-state index contributed by atoms with van der Waals surface area (Å²) < 4.78 is 0. The van der Waals surface area contributed by atoms with E-state index in [9.17, 15) is 5.11 Å². The van der Waals surface area contributed by atoms with Crippen LogP contribution in [-0.2, 0) is 6.54 Å². The summed E-state index contributed by atoms with van der Waals surface area (Å²) in [4.78, 5) is 14.2. The third-order valence-corrected chi connectivity index (χ3v) is 4.55. The van der Waals surface area contributed by atoms with E-state index < -0.39 is 0 Å². The van der Waals surface area contributed by atoms with Crippen LogP contribution in [-0.4, -0.2) is 63.2 Å². The monoisotopic (exact) mass is 314 g/mol. The lowest BCUT2D eigenvalue weighted by Crippen LogP contribution is -2.53. The number of aromatic nitrogens is 2. The first-order valence-electron chi connectivity index (χ1n) is 8.39. The molecule has 0 aliphatic carbocycles. The highest BCUT2D eigenvalue weighted by Gasteiger charge is 2.24. The van der Waals surface area contributed by atoms with Gasteiger partial charge in [-0.25, -0.2) is 9.97 Å². The lowest BCUT2D eigenvalue weighted by Gasteiger charge is -2.40. The maximum Gasteiger partial charge on any atom is 0.143 e. The number of piperazine rings is 1. The van der Waals surface area contributed by atoms with Crippen molar-refractivity contribution in [3.8, 4) is 0 Å². The molecular formula is C18H26N4O. The standard InChI is InChI=1S/C18H26N4O/c1-13-10-21(8-9-22(13)11-14(2)23)12-18-19-15(3)16-6-4-5-7-17(16)20-18/h4-7,13-14,23H,8-12H2,1-3H3/t13-,14+/m1/s1. The summed E-state index contributed by atoms with van der Waals surface area (Å²) in [6.07, 6.45) is -0.268. The summed E-state index contributed by atoms with van der Waals surface area (Å²) in [6.45, 7) is 10.6. The van der Waals surface area contributed by atoms with Crippen LogP contribution in [0.25, 0.3) is 10.9 Å². The van der Waals surface area contributed by atoms with E-state index in [1.54, 1.807) is 0 Å². The van der Waals surface area contributed by atoms with Gasteiger partial charge < -0.3 is 5.11 Å². The molecule has 0 saturated carbocycles. The van der Waals surface area contributed by atoms with Gasteiger partial charge in [-0.15, -0.1) is 0 Å².